The number of aromatic nitrogens is 7. The number of nitrogens with one attached hydrogen (secondary N) is 1. The number of hydrogen-bond donors (Lipinski definition) is 1. The van der Waals surface area contributed by atoms with E-state index >= 15 is 0 Å². The maximum Gasteiger partial charge on any atom is 0.163 e. The predicted octanol–water partition coefficient (Wildman–Crippen LogP) is 1.02. The van der Waals surface area contributed by atoms with Gasteiger partial charge in [-0.2, -0.15) is 5.10 Å². The van der Waals surface area contributed by atoms with E-state index in [4.69, 9.17) is 0 Å². The van der Waals surface area contributed by atoms with Gasteiger partial charge in [-0.3, -0.25) is 9.08 Å². The summed E-state index contributed by atoms with van der Waals surface area (Å²) in [6.07, 6.45) is 5.21. The minimum absolute atomic E-state index is 0.520. The molecule has 0 spiro atoms. The lowest BCUT2D eigenvalue weighted by atomic mass is 10.4. The van der Waals surface area contributed by atoms with Crippen molar-refractivity contribution in [2.24, 2.45) is 7.05 Å². The fraction of sp³-hybridized carbons (Fsp3) is 0.154. The Hall–Kier alpha value is -3.03. The smallest absolute Gasteiger partial charge is 0.163 e. The van der Waals surface area contributed by atoms with E-state index in [9.17, 15) is 0 Å². The molecule has 0 atom stereocenters. The summed E-state index contributed by atoms with van der Waals surface area (Å²) in [5, 5.41) is 16.6. The van der Waals surface area contributed by atoms with E-state index in [1.807, 2.05) is 35.8 Å². The summed E-state index contributed by atoms with van der Waals surface area (Å²) in [7, 11) is 1.85. The van der Waals surface area contributed by atoms with Crippen molar-refractivity contribution in [2.45, 2.75) is 6.54 Å². The van der Waals surface area contributed by atoms with E-state index in [0.29, 0.717) is 6.54 Å². The van der Waals surface area contributed by atoms with Gasteiger partial charge >= 0.3 is 0 Å². The van der Waals surface area contributed by atoms with Gasteiger partial charge in [-0.25, -0.2) is 9.97 Å². The topological polar surface area (TPSA) is 85.8 Å². The first-order valence-electron chi connectivity index (χ1n) is 6.48. The van der Waals surface area contributed by atoms with Crippen molar-refractivity contribution in [3.05, 3.63) is 42.7 Å². The predicted molar refractivity (Wildman–Crippen MR) is 76.6 cm³/mol. The monoisotopic (exact) mass is 280 g/mol. The maximum atomic E-state index is 4.27. The van der Waals surface area contributed by atoms with Crippen LogP contribution in [0.4, 0.5) is 5.82 Å². The molecule has 4 heterocycles. The third-order valence-electron chi connectivity index (χ3n) is 3.33. The van der Waals surface area contributed by atoms with Crippen molar-refractivity contribution in [1.82, 2.24) is 34.3 Å². The van der Waals surface area contributed by atoms with E-state index < -0.39 is 0 Å². The van der Waals surface area contributed by atoms with Gasteiger partial charge in [0, 0.05) is 13.2 Å². The van der Waals surface area contributed by atoms with E-state index in [-0.39, 0.29) is 0 Å². The van der Waals surface area contributed by atoms with Gasteiger partial charge < -0.3 is 5.32 Å². The first kappa shape index (κ1) is 11.8. The van der Waals surface area contributed by atoms with Gasteiger partial charge in [0.15, 0.2) is 17.1 Å². The number of nitrogens with zero attached hydrogens (tertiary/aromatic N) is 7. The lowest BCUT2D eigenvalue weighted by Gasteiger charge is -2.05. The van der Waals surface area contributed by atoms with Crippen LogP contribution in [0.5, 0.6) is 0 Å². The number of rotatable bonds is 3. The van der Waals surface area contributed by atoms with Gasteiger partial charge in [0.2, 0.25) is 0 Å². The highest BCUT2D eigenvalue weighted by atomic mass is 15.3. The number of hydrogen-bond acceptors (Lipinski definition) is 6. The average molecular weight is 280 g/mol. The molecule has 0 saturated heterocycles. The second-order valence-electron chi connectivity index (χ2n) is 4.63. The van der Waals surface area contributed by atoms with E-state index in [2.05, 4.69) is 30.6 Å². The molecule has 0 bridgehead atoms. The van der Waals surface area contributed by atoms with Crippen molar-refractivity contribution in [3.8, 4) is 0 Å². The summed E-state index contributed by atoms with van der Waals surface area (Å²) < 4.78 is 3.66. The Morgan fingerprint density at radius 1 is 1.19 bits per heavy atom. The molecular weight excluding hydrogens is 268 g/mol. The van der Waals surface area contributed by atoms with Crippen LogP contribution in [0.25, 0.3) is 16.7 Å². The molecule has 4 aromatic heterocycles. The fourth-order valence-corrected chi connectivity index (χ4v) is 2.28. The molecular formula is C13H12N8. The molecule has 8 heteroatoms. The molecule has 0 saturated carbocycles. The highest BCUT2D eigenvalue weighted by Gasteiger charge is 2.09. The molecule has 0 aliphatic carbocycles. The number of fused-ring (bicyclic) bond motifs is 2. The molecule has 0 aliphatic heterocycles. The normalized spacial score (nSPS) is 11.3. The van der Waals surface area contributed by atoms with Crippen LogP contribution in [0.2, 0.25) is 0 Å². The minimum Gasteiger partial charge on any atom is -0.362 e. The molecule has 0 fully saturated rings. The molecule has 4 aromatic rings. The van der Waals surface area contributed by atoms with Crippen LogP contribution in [0.1, 0.15) is 5.82 Å². The molecule has 4 rings (SSSR count). The Morgan fingerprint density at radius 3 is 3.10 bits per heavy atom. The van der Waals surface area contributed by atoms with Gasteiger partial charge in [0.1, 0.15) is 12.1 Å². The Kier molecular flexibility index (Phi) is 2.53. The zero-order valence-electron chi connectivity index (χ0n) is 11.3. The zero-order chi connectivity index (χ0) is 14.2. The molecule has 0 aliphatic rings. The molecule has 104 valence electrons. The number of pyridine rings is 1. The van der Waals surface area contributed by atoms with Gasteiger partial charge in [-0.1, -0.05) is 6.07 Å². The summed E-state index contributed by atoms with van der Waals surface area (Å²) in [6.45, 7) is 0.520. The second-order valence-corrected chi connectivity index (χ2v) is 4.63. The van der Waals surface area contributed by atoms with Crippen LogP contribution in [0.3, 0.4) is 0 Å². The van der Waals surface area contributed by atoms with Crippen molar-refractivity contribution in [1.29, 1.82) is 0 Å². The third-order valence-corrected chi connectivity index (χ3v) is 3.33. The summed E-state index contributed by atoms with van der Waals surface area (Å²) in [6, 6.07) is 5.80. The lowest BCUT2D eigenvalue weighted by Crippen LogP contribution is -2.06. The molecule has 0 radical (unpaired) electrons. The van der Waals surface area contributed by atoms with Crippen molar-refractivity contribution in [2.75, 3.05) is 5.32 Å². The number of aryl methyl sites for hydroxylation is 1. The summed E-state index contributed by atoms with van der Waals surface area (Å²) in [5.74, 6) is 1.56. The summed E-state index contributed by atoms with van der Waals surface area (Å²) in [4.78, 5) is 8.48. The van der Waals surface area contributed by atoms with Crippen molar-refractivity contribution >= 4 is 22.5 Å². The standard InChI is InChI=1S/C13H12N8/c1-20-13-9(6-17-20)12(15-8-16-13)14-7-11-19-18-10-4-2-3-5-21(10)11/h2-6,8H,7H2,1H3,(H,14,15,16). The number of anilines is 1. The summed E-state index contributed by atoms with van der Waals surface area (Å²) >= 11 is 0. The highest BCUT2D eigenvalue weighted by molar-refractivity contribution is 5.85. The second kappa shape index (κ2) is 4.51. The quantitative estimate of drug-likeness (QED) is 0.603. The van der Waals surface area contributed by atoms with Gasteiger partial charge in [0.25, 0.3) is 0 Å². The third kappa shape index (κ3) is 1.88. The first-order chi connectivity index (χ1) is 10.3. The Balaban J connectivity index is 1.66. The molecule has 1 N–H and O–H groups in total. The SMILES string of the molecule is Cn1ncc2c(NCc3nnc4ccccn34)ncnc21. The van der Waals surface area contributed by atoms with Crippen LogP contribution in [-0.2, 0) is 13.6 Å². The van der Waals surface area contributed by atoms with E-state index in [0.717, 1.165) is 28.3 Å². The Bertz CT molecular complexity index is 922. The average Bonchev–Trinajstić information content (AvgIpc) is 3.10. The molecule has 0 unspecified atom stereocenters. The maximum absolute atomic E-state index is 4.27. The zero-order valence-corrected chi connectivity index (χ0v) is 11.3. The van der Waals surface area contributed by atoms with Crippen LogP contribution in [-0.4, -0.2) is 34.3 Å². The molecule has 0 aromatic carbocycles. The highest BCUT2D eigenvalue weighted by Crippen LogP contribution is 2.18. The lowest BCUT2D eigenvalue weighted by molar-refractivity contribution is 0.785. The molecule has 21 heavy (non-hydrogen) atoms. The van der Waals surface area contributed by atoms with Crippen LogP contribution in [0.15, 0.2) is 36.9 Å². The minimum atomic E-state index is 0.520. The van der Waals surface area contributed by atoms with Crippen LogP contribution in [0, 0.1) is 0 Å². The largest absolute Gasteiger partial charge is 0.362 e. The van der Waals surface area contributed by atoms with Crippen LogP contribution >= 0.6 is 0 Å². The summed E-state index contributed by atoms with van der Waals surface area (Å²) in [5.41, 5.74) is 1.61. The first-order valence-corrected chi connectivity index (χ1v) is 6.48. The van der Waals surface area contributed by atoms with Gasteiger partial charge in [-0.05, 0) is 12.1 Å². The van der Waals surface area contributed by atoms with Gasteiger partial charge in [0.05, 0.1) is 18.1 Å². The van der Waals surface area contributed by atoms with Crippen molar-refractivity contribution in [3.63, 3.8) is 0 Å². The molecule has 0 amide bonds. The molecule has 8 nitrogen and oxygen atoms in total. The van der Waals surface area contributed by atoms with E-state index in [1.165, 1.54) is 6.33 Å². The van der Waals surface area contributed by atoms with E-state index in [1.54, 1.807) is 10.9 Å². The fourth-order valence-electron chi connectivity index (χ4n) is 2.28. The van der Waals surface area contributed by atoms with Gasteiger partial charge in [-0.15, -0.1) is 10.2 Å². The van der Waals surface area contributed by atoms with Crippen molar-refractivity contribution < 1.29 is 0 Å². The Labute approximate surface area is 119 Å². The Morgan fingerprint density at radius 2 is 2.14 bits per heavy atom. The van der Waals surface area contributed by atoms with Crippen LogP contribution < -0.4 is 5.32 Å².